The van der Waals surface area contributed by atoms with E-state index in [2.05, 4.69) is 4.90 Å². The van der Waals surface area contributed by atoms with Gasteiger partial charge in [0, 0.05) is 31.2 Å². The maximum Gasteiger partial charge on any atom is 0.252 e. The first-order valence-electron chi connectivity index (χ1n) is 12.0. The fraction of sp³-hybridized carbons (Fsp3) is 0.708. The van der Waals surface area contributed by atoms with Crippen molar-refractivity contribution < 1.29 is 28.8 Å². The molecule has 1 aromatic rings. The molecule has 2 aliphatic carbocycles. The zero-order valence-corrected chi connectivity index (χ0v) is 18.2. The lowest BCUT2D eigenvalue weighted by atomic mass is 9.48. The molecular formula is C24H30N2O6. The van der Waals surface area contributed by atoms with E-state index >= 15 is 0 Å². The van der Waals surface area contributed by atoms with E-state index in [0.717, 1.165) is 50.1 Å². The number of nitrogens with zero attached hydrogens (tertiary/aromatic N) is 1. The van der Waals surface area contributed by atoms with Gasteiger partial charge in [-0.3, -0.25) is 9.69 Å². The van der Waals surface area contributed by atoms with Gasteiger partial charge in [0.05, 0.1) is 35.9 Å². The molecule has 2 spiro atoms. The average Bonchev–Trinajstić information content (AvgIpc) is 3.51. The highest BCUT2D eigenvalue weighted by atomic mass is 16.8. The number of benzene rings is 1. The lowest BCUT2D eigenvalue weighted by Gasteiger charge is -2.65. The van der Waals surface area contributed by atoms with Crippen LogP contribution in [0.15, 0.2) is 12.1 Å². The summed E-state index contributed by atoms with van der Waals surface area (Å²) in [4.78, 5) is 14.7. The van der Waals surface area contributed by atoms with E-state index in [-0.39, 0.29) is 12.1 Å². The number of likely N-dealkylation sites (tertiary alicyclic amines) is 1. The molecule has 1 amide bonds. The Morgan fingerprint density at radius 2 is 2.03 bits per heavy atom. The maximum atomic E-state index is 12.5. The zero-order valence-electron chi connectivity index (χ0n) is 18.2. The molecule has 0 radical (unpaired) electrons. The Bertz CT molecular complexity index is 987. The molecule has 3 N–H and O–H groups in total. The van der Waals surface area contributed by atoms with Crippen LogP contribution in [-0.2, 0) is 26.0 Å². The number of hydrogen-bond acceptors (Lipinski definition) is 7. The van der Waals surface area contributed by atoms with Crippen LogP contribution >= 0.6 is 0 Å². The van der Waals surface area contributed by atoms with Crippen LogP contribution in [0, 0.1) is 0 Å². The van der Waals surface area contributed by atoms with E-state index in [1.807, 2.05) is 6.07 Å². The van der Waals surface area contributed by atoms with E-state index in [4.69, 9.17) is 24.7 Å². The Morgan fingerprint density at radius 1 is 1.19 bits per heavy atom. The molecule has 7 rings (SSSR count). The summed E-state index contributed by atoms with van der Waals surface area (Å²) in [5, 5.41) is 12.5. The number of carbonyl (C=O) groups is 1. The molecule has 2 bridgehead atoms. The minimum atomic E-state index is -0.996. The Hall–Kier alpha value is -1.71. The van der Waals surface area contributed by atoms with Crippen LogP contribution in [0.3, 0.4) is 0 Å². The highest BCUT2D eigenvalue weighted by molar-refractivity contribution is 5.97. The molecule has 5 atom stereocenters. The minimum Gasteiger partial charge on any atom is -0.483 e. The van der Waals surface area contributed by atoms with Crippen LogP contribution in [-0.4, -0.2) is 78.5 Å². The lowest BCUT2D eigenvalue weighted by Crippen LogP contribution is -2.79. The summed E-state index contributed by atoms with van der Waals surface area (Å²) in [5.41, 5.74) is 6.53. The van der Waals surface area contributed by atoms with Crippen molar-refractivity contribution in [2.75, 3.05) is 32.9 Å². The van der Waals surface area contributed by atoms with Gasteiger partial charge in [-0.2, -0.15) is 0 Å². The molecule has 32 heavy (non-hydrogen) atoms. The highest BCUT2D eigenvalue weighted by Gasteiger charge is 2.77. The molecule has 4 fully saturated rings. The number of piperidine rings is 1. The molecule has 1 aromatic carbocycles. The third kappa shape index (κ3) is 2.23. The van der Waals surface area contributed by atoms with E-state index in [1.165, 1.54) is 0 Å². The lowest BCUT2D eigenvalue weighted by molar-refractivity contribution is -0.297. The Labute approximate surface area is 186 Å². The molecule has 6 aliphatic rings. The van der Waals surface area contributed by atoms with Crippen molar-refractivity contribution >= 4 is 5.91 Å². The second kappa shape index (κ2) is 6.45. The van der Waals surface area contributed by atoms with Crippen LogP contribution in [0.1, 0.15) is 53.6 Å². The maximum absolute atomic E-state index is 12.5. The minimum absolute atomic E-state index is 0.0387. The Balaban J connectivity index is 1.40. The summed E-state index contributed by atoms with van der Waals surface area (Å²) in [7, 11) is 0. The predicted octanol–water partition coefficient (Wildman–Crippen LogP) is 0.862. The van der Waals surface area contributed by atoms with Crippen molar-refractivity contribution in [1.29, 1.82) is 0 Å². The number of rotatable bonds is 3. The number of carbonyl (C=O) groups excluding carboxylic acids is 1. The topological polar surface area (TPSA) is 103 Å². The molecule has 1 saturated carbocycles. The summed E-state index contributed by atoms with van der Waals surface area (Å²) in [5.74, 6) is -0.873. The fourth-order valence-electron chi connectivity index (χ4n) is 7.83. The molecule has 3 saturated heterocycles. The van der Waals surface area contributed by atoms with Gasteiger partial charge in [0.2, 0.25) is 5.79 Å². The van der Waals surface area contributed by atoms with Crippen molar-refractivity contribution in [2.45, 2.75) is 73.6 Å². The van der Waals surface area contributed by atoms with Crippen molar-refractivity contribution in [2.24, 2.45) is 5.73 Å². The predicted molar refractivity (Wildman–Crippen MR) is 113 cm³/mol. The van der Waals surface area contributed by atoms with Crippen molar-refractivity contribution in [3.05, 3.63) is 28.8 Å². The van der Waals surface area contributed by atoms with E-state index < -0.39 is 28.8 Å². The Morgan fingerprint density at radius 3 is 2.78 bits per heavy atom. The van der Waals surface area contributed by atoms with Gasteiger partial charge < -0.3 is 29.8 Å². The number of amides is 1. The molecule has 8 nitrogen and oxygen atoms in total. The molecule has 4 heterocycles. The summed E-state index contributed by atoms with van der Waals surface area (Å²) in [6.07, 6.45) is 4.48. The molecule has 4 aliphatic heterocycles. The van der Waals surface area contributed by atoms with E-state index in [9.17, 15) is 9.90 Å². The summed E-state index contributed by atoms with van der Waals surface area (Å²) in [6.45, 7) is 3.52. The van der Waals surface area contributed by atoms with Crippen LogP contribution < -0.4 is 10.5 Å². The second-order valence-electron chi connectivity index (χ2n) is 10.3. The normalized spacial score (nSPS) is 41.0. The SMILES string of the molecule is NC(=O)c1ccc2c3c1OC1C4(CCC5(O)C(C2)N(CC2CCCO2)CCC315)OCCO4. The van der Waals surface area contributed by atoms with E-state index in [1.54, 1.807) is 6.07 Å². The van der Waals surface area contributed by atoms with Gasteiger partial charge in [-0.1, -0.05) is 6.07 Å². The Kier molecular flexibility index (Phi) is 3.98. The van der Waals surface area contributed by atoms with Crippen LogP contribution in [0.5, 0.6) is 5.75 Å². The van der Waals surface area contributed by atoms with Crippen LogP contribution in [0.4, 0.5) is 0 Å². The first-order chi connectivity index (χ1) is 15.5. The van der Waals surface area contributed by atoms with Crippen molar-refractivity contribution in [3.63, 3.8) is 0 Å². The number of nitrogens with two attached hydrogens (primary N) is 1. The smallest absolute Gasteiger partial charge is 0.252 e. The molecular weight excluding hydrogens is 412 g/mol. The van der Waals surface area contributed by atoms with Gasteiger partial charge in [0.25, 0.3) is 5.91 Å². The van der Waals surface area contributed by atoms with Gasteiger partial charge in [0.1, 0.15) is 5.75 Å². The van der Waals surface area contributed by atoms with Gasteiger partial charge in [-0.15, -0.1) is 0 Å². The third-order valence-corrected chi connectivity index (χ3v) is 9.10. The first kappa shape index (κ1) is 19.7. The quantitative estimate of drug-likeness (QED) is 0.716. The standard InChI is InChI=1S/C24H30N2O6/c25-20(27)16-4-3-14-12-17-23(28)5-6-24(30-10-11-31-24)21-22(23,18(14)19(16)32-21)7-8-26(17)13-15-2-1-9-29-15/h3-4,15,17,21,28H,1-2,5-13H2,(H2,25,27). The van der Waals surface area contributed by atoms with Crippen molar-refractivity contribution in [1.82, 2.24) is 4.90 Å². The number of hydrogen-bond donors (Lipinski definition) is 2. The molecule has 5 unspecified atom stereocenters. The number of fused-ring (bicyclic) bond motifs is 1. The van der Waals surface area contributed by atoms with Crippen LogP contribution in [0.2, 0.25) is 0 Å². The summed E-state index contributed by atoms with van der Waals surface area (Å²) in [6, 6.07) is 3.74. The fourth-order valence-corrected chi connectivity index (χ4v) is 7.83. The highest BCUT2D eigenvalue weighted by Crippen LogP contribution is 2.67. The average molecular weight is 443 g/mol. The summed E-state index contributed by atoms with van der Waals surface area (Å²) < 4.78 is 24.9. The van der Waals surface area contributed by atoms with E-state index in [0.29, 0.717) is 43.8 Å². The third-order valence-electron chi connectivity index (χ3n) is 9.10. The monoisotopic (exact) mass is 442 g/mol. The van der Waals surface area contributed by atoms with Gasteiger partial charge in [0.15, 0.2) is 6.10 Å². The van der Waals surface area contributed by atoms with Crippen LogP contribution in [0.25, 0.3) is 0 Å². The molecule has 172 valence electrons. The van der Waals surface area contributed by atoms with Gasteiger partial charge in [-0.25, -0.2) is 0 Å². The van der Waals surface area contributed by atoms with Crippen molar-refractivity contribution in [3.8, 4) is 5.75 Å². The summed E-state index contributed by atoms with van der Waals surface area (Å²) >= 11 is 0. The number of aliphatic hydroxyl groups is 1. The van der Waals surface area contributed by atoms with Gasteiger partial charge in [-0.05, 0) is 50.3 Å². The molecule has 8 heteroatoms. The van der Waals surface area contributed by atoms with Gasteiger partial charge >= 0.3 is 0 Å². The number of ether oxygens (including phenoxy) is 4. The molecule has 0 aromatic heterocycles. The zero-order chi connectivity index (χ0) is 21.7. The largest absolute Gasteiger partial charge is 0.483 e. The second-order valence-corrected chi connectivity index (χ2v) is 10.3. The first-order valence-corrected chi connectivity index (χ1v) is 12.0. The number of primary amides is 1.